The summed E-state index contributed by atoms with van der Waals surface area (Å²) in [5.41, 5.74) is 0. The van der Waals surface area contributed by atoms with Gasteiger partial charge in [-0.1, -0.05) is 286 Å². The molecule has 0 bridgehead atoms. The van der Waals surface area contributed by atoms with Gasteiger partial charge in [-0.3, -0.25) is 18.6 Å². The van der Waals surface area contributed by atoms with E-state index < -0.39 is 20.0 Å². The molecule has 0 aromatic carbocycles. The van der Waals surface area contributed by atoms with Gasteiger partial charge in [0.05, 0.1) is 33.8 Å². The molecule has 80 heavy (non-hydrogen) atoms. The van der Waals surface area contributed by atoms with Crippen molar-refractivity contribution >= 4 is 19.7 Å². The molecule has 3 unspecified atom stereocenters. The van der Waals surface area contributed by atoms with Gasteiger partial charge in [0.2, 0.25) is 5.91 Å². The van der Waals surface area contributed by atoms with E-state index in [1.807, 2.05) is 33.3 Å². The first-order valence-electron chi connectivity index (χ1n) is 33.4. The van der Waals surface area contributed by atoms with Gasteiger partial charge in [-0.2, -0.15) is 0 Å². The van der Waals surface area contributed by atoms with E-state index in [1.54, 1.807) is 0 Å². The average molecular weight is 1140 g/mol. The highest BCUT2D eigenvalue weighted by Gasteiger charge is 2.30. The molecule has 0 aliphatic heterocycles. The molecule has 0 aromatic rings. The highest BCUT2D eigenvalue weighted by atomic mass is 31.2. The number of carbonyl (C=O) groups excluding carboxylic acids is 2. The smallest absolute Gasteiger partial charge is 0.456 e. The quantitative estimate of drug-likeness (QED) is 0.0205. The Kier molecular flexibility index (Phi) is 57.3. The minimum atomic E-state index is -4.46. The average Bonchev–Trinajstić information content (AvgIpc) is 3.43. The molecule has 0 radical (unpaired) electrons. The molecule has 0 saturated carbocycles. The molecule has 0 saturated heterocycles. The topological polar surface area (TPSA) is 111 Å². The largest absolute Gasteiger partial charge is 0.472 e. The molecule has 464 valence electrons. The zero-order valence-corrected chi connectivity index (χ0v) is 54.0. The van der Waals surface area contributed by atoms with Gasteiger partial charge in [0.1, 0.15) is 19.3 Å². The fourth-order valence-corrected chi connectivity index (χ4v) is 10.2. The highest BCUT2D eigenvalue weighted by Crippen LogP contribution is 2.43. The number of phosphoric ester groups is 1. The lowest BCUT2D eigenvalue weighted by atomic mass is 10.0. The van der Waals surface area contributed by atoms with E-state index >= 15 is 0 Å². The minimum Gasteiger partial charge on any atom is -0.456 e. The number of allylic oxidation sites excluding steroid dienone is 13. The molecule has 2 N–H and O–H groups in total. The van der Waals surface area contributed by atoms with Crippen LogP contribution in [0.2, 0.25) is 0 Å². The summed E-state index contributed by atoms with van der Waals surface area (Å²) >= 11 is 0. The molecule has 1 amide bonds. The Morgan fingerprint density at radius 1 is 0.450 bits per heavy atom. The second-order valence-corrected chi connectivity index (χ2v) is 25.1. The predicted octanol–water partition coefficient (Wildman–Crippen LogP) is 21.0. The lowest BCUT2D eigenvalue weighted by Crippen LogP contribution is -2.47. The molecular formula is C70H128N2O7P+. The number of quaternary nitrogens is 1. The monoisotopic (exact) mass is 1140 g/mol. The number of likely N-dealkylation sites (N-methyl/N-ethyl adjacent to an activating group) is 1. The van der Waals surface area contributed by atoms with Crippen LogP contribution in [0, 0.1) is 0 Å². The van der Waals surface area contributed by atoms with Crippen LogP contribution >= 0.6 is 7.82 Å². The number of unbranched alkanes of at least 4 members (excludes halogenated alkanes) is 32. The Balaban J connectivity index is 5.22. The molecule has 0 fully saturated rings. The van der Waals surface area contributed by atoms with Crippen molar-refractivity contribution in [2.75, 3.05) is 40.9 Å². The minimum absolute atomic E-state index is 0.0340. The fourth-order valence-electron chi connectivity index (χ4n) is 9.47. The van der Waals surface area contributed by atoms with E-state index in [4.69, 9.17) is 13.8 Å². The van der Waals surface area contributed by atoms with Gasteiger partial charge in [0, 0.05) is 12.8 Å². The van der Waals surface area contributed by atoms with E-state index in [9.17, 15) is 19.0 Å². The van der Waals surface area contributed by atoms with Crippen LogP contribution in [0.1, 0.15) is 297 Å². The third-order valence-electron chi connectivity index (χ3n) is 14.6. The van der Waals surface area contributed by atoms with Crippen molar-refractivity contribution in [1.82, 2.24) is 5.32 Å². The third kappa shape index (κ3) is 59.8. The fraction of sp³-hybridized carbons (Fsp3) is 0.771. The first kappa shape index (κ1) is 77.2. The number of hydrogen-bond acceptors (Lipinski definition) is 6. The summed E-state index contributed by atoms with van der Waals surface area (Å²) in [5, 5.41) is 3.06. The Labute approximate surface area is 495 Å². The predicted molar refractivity (Wildman–Crippen MR) is 346 cm³/mol. The molecule has 0 aliphatic carbocycles. The van der Waals surface area contributed by atoms with Crippen molar-refractivity contribution in [1.29, 1.82) is 0 Å². The van der Waals surface area contributed by atoms with Crippen molar-refractivity contribution < 1.29 is 37.3 Å². The Morgan fingerprint density at radius 3 is 1.20 bits per heavy atom. The number of hydrogen-bond donors (Lipinski definition) is 2. The van der Waals surface area contributed by atoms with Crippen LogP contribution in [0.15, 0.2) is 85.1 Å². The second kappa shape index (κ2) is 59.4. The lowest BCUT2D eigenvalue weighted by molar-refractivity contribution is -0.870. The first-order valence-corrected chi connectivity index (χ1v) is 34.9. The SMILES string of the molecule is CC/C=C\C/C=C\C/C=C\C/C=C\C/C=C\C/C=C\CCCCCCC(=O)OC(/C=C/CCCCCCCCCCCC)C(COP(=O)(O)OCC[N+](C)(C)C)NC(=O)CCCCCCCCCCCCCCCCCCCCC. The molecule has 0 spiro atoms. The second-order valence-electron chi connectivity index (χ2n) is 23.6. The summed E-state index contributed by atoms with van der Waals surface area (Å²) in [4.78, 5) is 37.8. The molecule has 0 rings (SSSR count). The first-order chi connectivity index (χ1) is 38.9. The van der Waals surface area contributed by atoms with Crippen molar-refractivity contribution in [3.63, 3.8) is 0 Å². The van der Waals surface area contributed by atoms with Gasteiger partial charge in [0.25, 0.3) is 0 Å². The summed E-state index contributed by atoms with van der Waals surface area (Å²) < 4.78 is 30.7. The number of carbonyl (C=O) groups is 2. The zero-order chi connectivity index (χ0) is 58.6. The Hall–Kier alpha value is -2.81. The van der Waals surface area contributed by atoms with Gasteiger partial charge in [0.15, 0.2) is 0 Å². The van der Waals surface area contributed by atoms with E-state index in [0.29, 0.717) is 23.9 Å². The van der Waals surface area contributed by atoms with E-state index in [-0.39, 0.29) is 31.5 Å². The van der Waals surface area contributed by atoms with Crippen molar-refractivity contribution in [2.24, 2.45) is 0 Å². The number of nitrogens with zero attached hydrogens (tertiary/aromatic N) is 1. The Morgan fingerprint density at radius 2 is 0.800 bits per heavy atom. The van der Waals surface area contributed by atoms with Crippen LogP contribution < -0.4 is 5.32 Å². The number of rotatable bonds is 60. The highest BCUT2D eigenvalue weighted by molar-refractivity contribution is 7.47. The van der Waals surface area contributed by atoms with Crippen molar-refractivity contribution in [3.8, 4) is 0 Å². The van der Waals surface area contributed by atoms with Crippen LogP contribution in [-0.4, -0.2) is 74.3 Å². The van der Waals surface area contributed by atoms with E-state index in [1.165, 1.54) is 154 Å². The van der Waals surface area contributed by atoms with Crippen LogP contribution in [-0.2, 0) is 27.9 Å². The molecule has 10 heteroatoms. The van der Waals surface area contributed by atoms with Crippen molar-refractivity contribution in [2.45, 2.75) is 309 Å². The van der Waals surface area contributed by atoms with Gasteiger partial charge in [-0.25, -0.2) is 4.57 Å². The standard InChI is InChI=1S/C70H127N2O7P/c1-7-10-13-16-19-22-25-28-30-32-34-35-36-37-39-41-43-45-48-51-54-57-60-63-70(74)79-68(61-58-55-52-49-46-27-24-21-18-15-12-9-3)67(66-78-80(75,76)77-65-64-72(4,5)6)71-69(73)62-59-56-53-50-47-44-42-40-38-33-31-29-26-23-20-17-14-11-8-2/h10,13,19,22,28,30,34-35,37,39,43,45,58,61,67-68H,7-9,11-12,14-18,20-21,23-27,29,31-33,36,38,40-42,44,46-57,59-60,62-66H2,1-6H3,(H-,71,73,75,76)/p+1/b13-10-,22-19-,30-28-,35-34-,39-37-,45-43-,61-58+. The summed E-state index contributed by atoms with van der Waals surface area (Å²) in [6, 6.07) is -0.861. The van der Waals surface area contributed by atoms with Gasteiger partial charge < -0.3 is 19.4 Å². The number of nitrogens with one attached hydrogen (secondary N) is 1. The number of esters is 1. The summed E-state index contributed by atoms with van der Waals surface area (Å²) in [7, 11) is 1.48. The summed E-state index contributed by atoms with van der Waals surface area (Å²) in [6.07, 6.45) is 78.7. The Bertz CT molecular complexity index is 1640. The van der Waals surface area contributed by atoms with Gasteiger partial charge in [-0.15, -0.1) is 0 Å². The van der Waals surface area contributed by atoms with Crippen molar-refractivity contribution in [3.05, 3.63) is 85.1 Å². The van der Waals surface area contributed by atoms with Crippen LogP contribution in [0.25, 0.3) is 0 Å². The maximum absolute atomic E-state index is 13.6. The normalized spacial score (nSPS) is 14.1. The van der Waals surface area contributed by atoms with Crippen LogP contribution in [0.4, 0.5) is 0 Å². The molecule has 0 aromatic heterocycles. The van der Waals surface area contributed by atoms with Crippen LogP contribution in [0.3, 0.4) is 0 Å². The van der Waals surface area contributed by atoms with Gasteiger partial charge >= 0.3 is 13.8 Å². The summed E-state index contributed by atoms with van der Waals surface area (Å²) in [5.74, 6) is -0.527. The van der Waals surface area contributed by atoms with E-state index in [2.05, 4.69) is 99.0 Å². The number of phosphoric acid groups is 1. The molecule has 9 nitrogen and oxygen atoms in total. The van der Waals surface area contributed by atoms with Gasteiger partial charge in [-0.05, 0) is 83.1 Å². The number of amides is 1. The number of ether oxygens (including phenoxy) is 1. The zero-order valence-electron chi connectivity index (χ0n) is 53.1. The van der Waals surface area contributed by atoms with Crippen LogP contribution in [0.5, 0.6) is 0 Å². The molecule has 3 atom stereocenters. The maximum Gasteiger partial charge on any atom is 0.472 e. The third-order valence-corrected chi connectivity index (χ3v) is 15.6. The molecular weight excluding hydrogens is 1010 g/mol. The molecule has 0 heterocycles. The summed E-state index contributed by atoms with van der Waals surface area (Å²) in [6.45, 7) is 6.91. The molecule has 0 aliphatic rings. The maximum atomic E-state index is 13.6. The lowest BCUT2D eigenvalue weighted by Gasteiger charge is -2.27. The van der Waals surface area contributed by atoms with E-state index in [0.717, 1.165) is 103 Å².